The van der Waals surface area contributed by atoms with Crippen molar-refractivity contribution in [2.75, 3.05) is 24.2 Å². The second-order valence-electron chi connectivity index (χ2n) is 3.03. The van der Waals surface area contributed by atoms with Crippen LogP contribution in [-0.4, -0.2) is 19.5 Å². The van der Waals surface area contributed by atoms with Crippen LogP contribution in [0.4, 0.5) is 11.4 Å². The molecule has 0 atom stereocenters. The van der Waals surface area contributed by atoms with Gasteiger partial charge in [0.2, 0.25) is 5.91 Å². The van der Waals surface area contributed by atoms with Gasteiger partial charge in [0, 0.05) is 12.1 Å². The first-order chi connectivity index (χ1) is 6.50. The number of benzene rings is 1. The Hall–Kier alpha value is -1.42. The molecular formula is C9H12ClN3O. The summed E-state index contributed by atoms with van der Waals surface area (Å²) < 4.78 is 0. The molecule has 4 nitrogen and oxygen atoms in total. The molecule has 0 aliphatic carbocycles. The van der Waals surface area contributed by atoms with Crippen molar-refractivity contribution in [1.29, 1.82) is 0 Å². The van der Waals surface area contributed by atoms with Crippen molar-refractivity contribution in [3.8, 4) is 0 Å². The molecule has 76 valence electrons. The summed E-state index contributed by atoms with van der Waals surface area (Å²) in [6, 6.07) is 5.10. The van der Waals surface area contributed by atoms with Crippen LogP contribution in [0.15, 0.2) is 18.2 Å². The molecule has 5 heteroatoms. The van der Waals surface area contributed by atoms with E-state index in [0.29, 0.717) is 10.7 Å². The van der Waals surface area contributed by atoms with E-state index in [1.165, 1.54) is 0 Å². The second kappa shape index (κ2) is 4.19. The fourth-order valence-electron chi connectivity index (χ4n) is 1.19. The SMILES string of the molecule is CN(CC(N)=O)c1ccc(Cl)cc1N. The summed E-state index contributed by atoms with van der Waals surface area (Å²) in [7, 11) is 1.74. The van der Waals surface area contributed by atoms with Gasteiger partial charge in [-0.25, -0.2) is 0 Å². The highest BCUT2D eigenvalue weighted by atomic mass is 35.5. The van der Waals surface area contributed by atoms with Gasteiger partial charge in [-0.1, -0.05) is 11.6 Å². The summed E-state index contributed by atoms with van der Waals surface area (Å²) in [4.78, 5) is 12.3. The number of anilines is 2. The van der Waals surface area contributed by atoms with Crippen LogP contribution in [0.2, 0.25) is 5.02 Å². The Morgan fingerprint density at radius 3 is 2.71 bits per heavy atom. The van der Waals surface area contributed by atoms with E-state index < -0.39 is 5.91 Å². The summed E-state index contributed by atoms with van der Waals surface area (Å²) in [6.07, 6.45) is 0. The first-order valence-electron chi connectivity index (χ1n) is 4.05. The molecule has 0 unspecified atom stereocenters. The van der Waals surface area contributed by atoms with Gasteiger partial charge in [-0.2, -0.15) is 0 Å². The van der Waals surface area contributed by atoms with Crippen LogP contribution in [0.25, 0.3) is 0 Å². The molecule has 0 aliphatic heterocycles. The minimum absolute atomic E-state index is 0.131. The van der Waals surface area contributed by atoms with Crippen molar-refractivity contribution < 1.29 is 4.79 Å². The number of halogens is 1. The predicted octanol–water partition coefficient (Wildman–Crippen LogP) is 0.844. The van der Waals surface area contributed by atoms with E-state index >= 15 is 0 Å². The van der Waals surface area contributed by atoms with Crippen LogP contribution in [0.3, 0.4) is 0 Å². The van der Waals surface area contributed by atoms with Gasteiger partial charge in [-0.05, 0) is 18.2 Å². The number of carbonyl (C=O) groups is 1. The lowest BCUT2D eigenvalue weighted by molar-refractivity contribution is -0.116. The highest BCUT2D eigenvalue weighted by Crippen LogP contribution is 2.25. The average Bonchev–Trinajstić information content (AvgIpc) is 2.01. The summed E-state index contributed by atoms with van der Waals surface area (Å²) in [5.74, 6) is -0.401. The Kier molecular flexibility index (Phi) is 3.19. The van der Waals surface area contributed by atoms with E-state index in [-0.39, 0.29) is 6.54 Å². The highest BCUT2D eigenvalue weighted by Gasteiger charge is 2.07. The number of hydrogen-bond acceptors (Lipinski definition) is 3. The number of carbonyl (C=O) groups excluding carboxylic acids is 1. The summed E-state index contributed by atoms with van der Waals surface area (Å²) >= 11 is 5.74. The predicted molar refractivity (Wildman–Crippen MR) is 58.3 cm³/mol. The molecule has 4 N–H and O–H groups in total. The number of likely N-dealkylation sites (N-methyl/N-ethyl adjacent to an activating group) is 1. The van der Waals surface area contributed by atoms with E-state index in [4.69, 9.17) is 23.1 Å². The number of nitrogens with zero attached hydrogens (tertiary/aromatic N) is 1. The smallest absolute Gasteiger partial charge is 0.236 e. The Balaban J connectivity index is 2.90. The fourth-order valence-corrected chi connectivity index (χ4v) is 1.37. The van der Waals surface area contributed by atoms with Gasteiger partial charge in [0.15, 0.2) is 0 Å². The number of amides is 1. The van der Waals surface area contributed by atoms with Crippen molar-refractivity contribution in [1.82, 2.24) is 0 Å². The second-order valence-corrected chi connectivity index (χ2v) is 3.46. The minimum atomic E-state index is -0.401. The van der Waals surface area contributed by atoms with Crippen LogP contribution in [0.5, 0.6) is 0 Å². The van der Waals surface area contributed by atoms with Crippen LogP contribution in [0, 0.1) is 0 Å². The normalized spacial score (nSPS) is 9.86. The van der Waals surface area contributed by atoms with Crippen molar-refractivity contribution >= 4 is 28.9 Å². The first-order valence-corrected chi connectivity index (χ1v) is 4.43. The molecule has 0 saturated carbocycles. The Labute approximate surface area is 87.4 Å². The van der Waals surface area contributed by atoms with Gasteiger partial charge in [0.05, 0.1) is 17.9 Å². The zero-order valence-corrected chi connectivity index (χ0v) is 8.58. The van der Waals surface area contributed by atoms with E-state index in [9.17, 15) is 4.79 Å². The maximum atomic E-state index is 10.7. The first kappa shape index (κ1) is 10.7. The van der Waals surface area contributed by atoms with E-state index in [2.05, 4.69) is 0 Å². The number of rotatable bonds is 3. The lowest BCUT2D eigenvalue weighted by Crippen LogP contribution is -2.30. The molecule has 0 fully saturated rings. The van der Waals surface area contributed by atoms with Crippen LogP contribution < -0.4 is 16.4 Å². The molecule has 0 radical (unpaired) electrons. The van der Waals surface area contributed by atoms with Crippen molar-refractivity contribution in [2.24, 2.45) is 5.73 Å². The summed E-state index contributed by atoms with van der Waals surface area (Å²) in [6.45, 7) is 0.131. The van der Waals surface area contributed by atoms with Crippen molar-refractivity contribution in [2.45, 2.75) is 0 Å². The molecule has 0 aromatic heterocycles. The zero-order chi connectivity index (χ0) is 10.7. The zero-order valence-electron chi connectivity index (χ0n) is 7.83. The fraction of sp³-hybridized carbons (Fsp3) is 0.222. The van der Waals surface area contributed by atoms with Crippen LogP contribution in [-0.2, 0) is 4.79 Å². The van der Waals surface area contributed by atoms with Crippen molar-refractivity contribution in [3.05, 3.63) is 23.2 Å². The Morgan fingerprint density at radius 2 is 2.21 bits per heavy atom. The highest BCUT2D eigenvalue weighted by molar-refractivity contribution is 6.31. The van der Waals surface area contributed by atoms with Gasteiger partial charge in [-0.15, -0.1) is 0 Å². The third-order valence-electron chi connectivity index (χ3n) is 1.79. The molecule has 0 bridgehead atoms. The molecule has 1 aromatic carbocycles. The van der Waals surface area contributed by atoms with Crippen molar-refractivity contribution in [3.63, 3.8) is 0 Å². The largest absolute Gasteiger partial charge is 0.397 e. The Morgan fingerprint density at radius 1 is 1.57 bits per heavy atom. The third kappa shape index (κ3) is 2.53. The molecule has 14 heavy (non-hydrogen) atoms. The maximum Gasteiger partial charge on any atom is 0.236 e. The monoisotopic (exact) mass is 213 g/mol. The van der Waals surface area contributed by atoms with Gasteiger partial charge >= 0.3 is 0 Å². The average molecular weight is 214 g/mol. The number of hydrogen-bond donors (Lipinski definition) is 2. The molecule has 1 amide bonds. The summed E-state index contributed by atoms with van der Waals surface area (Å²) in [5, 5.41) is 0.568. The molecular weight excluding hydrogens is 202 g/mol. The molecule has 1 rings (SSSR count). The van der Waals surface area contributed by atoms with Crippen LogP contribution >= 0.6 is 11.6 Å². The maximum absolute atomic E-state index is 10.7. The standard InChI is InChI=1S/C9H12ClN3O/c1-13(5-9(12)14)8-3-2-6(10)4-7(8)11/h2-4H,5,11H2,1H3,(H2,12,14). The minimum Gasteiger partial charge on any atom is -0.397 e. The van der Waals surface area contributed by atoms with Gasteiger partial charge in [0.25, 0.3) is 0 Å². The molecule has 0 aliphatic rings. The number of nitrogens with two attached hydrogens (primary N) is 2. The number of nitrogen functional groups attached to an aromatic ring is 1. The van der Waals surface area contributed by atoms with E-state index in [1.807, 2.05) is 0 Å². The molecule has 0 saturated heterocycles. The molecule has 0 spiro atoms. The molecule has 0 heterocycles. The molecule has 1 aromatic rings. The van der Waals surface area contributed by atoms with Gasteiger partial charge in [0.1, 0.15) is 0 Å². The van der Waals surface area contributed by atoms with E-state index in [0.717, 1.165) is 5.69 Å². The topological polar surface area (TPSA) is 72.3 Å². The van der Waals surface area contributed by atoms with Crippen LogP contribution in [0.1, 0.15) is 0 Å². The van der Waals surface area contributed by atoms with Gasteiger partial charge in [-0.3, -0.25) is 4.79 Å². The lowest BCUT2D eigenvalue weighted by atomic mass is 10.2. The third-order valence-corrected chi connectivity index (χ3v) is 2.03. The summed E-state index contributed by atoms with van der Waals surface area (Å²) in [5.41, 5.74) is 12.1. The number of primary amides is 1. The quantitative estimate of drug-likeness (QED) is 0.731. The Bertz CT molecular complexity index is 354. The van der Waals surface area contributed by atoms with E-state index in [1.54, 1.807) is 30.1 Å². The lowest BCUT2D eigenvalue weighted by Gasteiger charge is -2.19. The van der Waals surface area contributed by atoms with Gasteiger partial charge < -0.3 is 16.4 Å².